The summed E-state index contributed by atoms with van der Waals surface area (Å²) in [6, 6.07) is 3.84. The summed E-state index contributed by atoms with van der Waals surface area (Å²) in [5.41, 5.74) is 0.984. The lowest BCUT2D eigenvalue weighted by Crippen LogP contribution is -2.43. The van der Waals surface area contributed by atoms with E-state index in [0.717, 1.165) is 0 Å². The van der Waals surface area contributed by atoms with Crippen molar-refractivity contribution in [1.82, 2.24) is 5.32 Å². The smallest absolute Gasteiger partial charge is 0.308 e. The van der Waals surface area contributed by atoms with Gasteiger partial charge in [-0.05, 0) is 44.5 Å². The number of rotatable bonds is 5. The van der Waals surface area contributed by atoms with Crippen molar-refractivity contribution in [2.75, 3.05) is 11.4 Å². The predicted octanol–water partition coefficient (Wildman–Crippen LogP) is 1.71. The van der Waals surface area contributed by atoms with Crippen LogP contribution in [0, 0.1) is 24.6 Å². The van der Waals surface area contributed by atoms with Gasteiger partial charge in [0.1, 0.15) is 5.82 Å². The van der Waals surface area contributed by atoms with Gasteiger partial charge in [0.05, 0.1) is 11.8 Å². The molecule has 3 unspecified atom stereocenters. The number of carboxylic acids is 1. The number of nitrogens with one attached hydrogen (secondary N) is 1. The minimum atomic E-state index is -0.992. The SMILES string of the molecule is Cc1cc(N2CC(C(=O)NC(C)C(C)C(=O)O)CC2=O)ccc1F. The molecule has 0 saturated carbocycles. The van der Waals surface area contributed by atoms with Crippen LogP contribution in [0.5, 0.6) is 0 Å². The fraction of sp³-hybridized carbons (Fsp3) is 0.471. The quantitative estimate of drug-likeness (QED) is 0.857. The molecule has 1 fully saturated rings. The summed E-state index contributed by atoms with van der Waals surface area (Å²) in [6.07, 6.45) is 0.0520. The standard InChI is InChI=1S/C17H21FN2O4/c1-9-6-13(4-5-14(9)18)20-8-12(7-15(20)21)16(22)19-11(3)10(2)17(23)24/h4-6,10-12H,7-8H2,1-3H3,(H,19,22)(H,23,24). The molecule has 0 bridgehead atoms. The topological polar surface area (TPSA) is 86.7 Å². The van der Waals surface area contributed by atoms with E-state index in [1.54, 1.807) is 19.9 Å². The highest BCUT2D eigenvalue weighted by Gasteiger charge is 2.36. The van der Waals surface area contributed by atoms with Crippen LogP contribution in [0.3, 0.4) is 0 Å². The van der Waals surface area contributed by atoms with E-state index in [9.17, 15) is 18.8 Å². The number of anilines is 1. The molecule has 1 aromatic rings. The van der Waals surface area contributed by atoms with Gasteiger partial charge in [-0.1, -0.05) is 0 Å². The molecule has 2 N–H and O–H groups in total. The van der Waals surface area contributed by atoms with Crippen LogP contribution in [-0.2, 0) is 14.4 Å². The molecule has 1 aliphatic rings. The average Bonchev–Trinajstić information content (AvgIpc) is 2.91. The Balaban J connectivity index is 2.04. The number of halogens is 1. The van der Waals surface area contributed by atoms with Gasteiger partial charge in [0.15, 0.2) is 0 Å². The summed E-state index contributed by atoms with van der Waals surface area (Å²) in [4.78, 5) is 36.9. The lowest BCUT2D eigenvalue weighted by molar-refractivity contribution is -0.142. The molecule has 24 heavy (non-hydrogen) atoms. The van der Waals surface area contributed by atoms with E-state index in [1.807, 2.05) is 0 Å². The van der Waals surface area contributed by atoms with Crippen molar-refractivity contribution in [2.24, 2.45) is 11.8 Å². The lowest BCUT2D eigenvalue weighted by atomic mass is 10.0. The number of hydrogen-bond acceptors (Lipinski definition) is 3. The lowest BCUT2D eigenvalue weighted by Gasteiger charge is -2.20. The zero-order chi connectivity index (χ0) is 18.0. The van der Waals surface area contributed by atoms with E-state index >= 15 is 0 Å². The van der Waals surface area contributed by atoms with Crippen LogP contribution >= 0.6 is 0 Å². The Kier molecular flexibility index (Phi) is 5.21. The van der Waals surface area contributed by atoms with Crippen molar-refractivity contribution in [3.63, 3.8) is 0 Å². The largest absolute Gasteiger partial charge is 0.481 e. The normalized spacial score (nSPS) is 19.9. The Labute approximate surface area is 139 Å². The molecule has 0 radical (unpaired) electrons. The van der Waals surface area contributed by atoms with Crippen LogP contribution in [0.2, 0.25) is 0 Å². The minimum absolute atomic E-state index is 0.0520. The molecular formula is C17H21FN2O4. The van der Waals surface area contributed by atoms with Crippen LogP contribution in [0.25, 0.3) is 0 Å². The highest BCUT2D eigenvalue weighted by molar-refractivity contribution is 6.00. The van der Waals surface area contributed by atoms with Crippen molar-refractivity contribution < 1.29 is 23.9 Å². The highest BCUT2D eigenvalue weighted by atomic mass is 19.1. The Hall–Kier alpha value is -2.44. The Morgan fingerprint density at radius 2 is 2.04 bits per heavy atom. The molecule has 1 saturated heterocycles. The van der Waals surface area contributed by atoms with Crippen LogP contribution in [0.1, 0.15) is 25.8 Å². The predicted molar refractivity (Wildman–Crippen MR) is 86.0 cm³/mol. The number of carboxylic acid groups (broad SMARTS) is 1. The van der Waals surface area contributed by atoms with Gasteiger partial charge in [-0.3, -0.25) is 14.4 Å². The maximum atomic E-state index is 13.4. The van der Waals surface area contributed by atoms with Gasteiger partial charge in [-0.2, -0.15) is 0 Å². The molecule has 0 spiro atoms. The summed E-state index contributed by atoms with van der Waals surface area (Å²) in [6.45, 7) is 4.94. The third-order valence-electron chi connectivity index (χ3n) is 4.46. The summed E-state index contributed by atoms with van der Waals surface area (Å²) in [7, 11) is 0. The van der Waals surface area contributed by atoms with Gasteiger partial charge in [-0.25, -0.2) is 4.39 Å². The molecular weight excluding hydrogens is 315 g/mol. The average molecular weight is 336 g/mol. The zero-order valence-electron chi connectivity index (χ0n) is 13.9. The molecule has 6 nitrogen and oxygen atoms in total. The number of carbonyl (C=O) groups excluding carboxylic acids is 2. The molecule has 2 rings (SSSR count). The number of aliphatic carboxylic acids is 1. The molecule has 0 aromatic heterocycles. The molecule has 1 heterocycles. The first-order chi connectivity index (χ1) is 11.2. The first-order valence-electron chi connectivity index (χ1n) is 7.80. The van der Waals surface area contributed by atoms with Crippen LogP contribution in [-0.4, -0.2) is 35.5 Å². The van der Waals surface area contributed by atoms with E-state index in [-0.39, 0.29) is 30.6 Å². The maximum Gasteiger partial charge on any atom is 0.308 e. The number of nitrogens with zero attached hydrogens (tertiary/aromatic N) is 1. The van der Waals surface area contributed by atoms with E-state index < -0.39 is 23.8 Å². The monoisotopic (exact) mass is 336 g/mol. The third-order valence-corrected chi connectivity index (χ3v) is 4.46. The number of hydrogen-bond donors (Lipinski definition) is 2. The Morgan fingerprint density at radius 3 is 2.62 bits per heavy atom. The second-order valence-corrected chi connectivity index (χ2v) is 6.26. The van der Waals surface area contributed by atoms with Crippen molar-refractivity contribution in [1.29, 1.82) is 0 Å². The van der Waals surface area contributed by atoms with Gasteiger partial charge < -0.3 is 15.3 Å². The second kappa shape index (κ2) is 6.98. The summed E-state index contributed by atoms with van der Waals surface area (Å²) in [5.74, 6) is -3.16. The second-order valence-electron chi connectivity index (χ2n) is 6.26. The van der Waals surface area contributed by atoms with Crippen molar-refractivity contribution in [3.8, 4) is 0 Å². The van der Waals surface area contributed by atoms with Gasteiger partial charge in [0, 0.05) is 24.7 Å². The zero-order valence-corrected chi connectivity index (χ0v) is 13.9. The Bertz CT molecular complexity index is 677. The first kappa shape index (κ1) is 17.9. The van der Waals surface area contributed by atoms with E-state index in [2.05, 4.69) is 5.32 Å². The summed E-state index contributed by atoms with van der Waals surface area (Å²) >= 11 is 0. The first-order valence-corrected chi connectivity index (χ1v) is 7.80. The Morgan fingerprint density at radius 1 is 1.38 bits per heavy atom. The van der Waals surface area contributed by atoms with E-state index in [4.69, 9.17) is 5.11 Å². The van der Waals surface area contributed by atoms with Crippen molar-refractivity contribution in [2.45, 2.75) is 33.2 Å². The van der Waals surface area contributed by atoms with Crippen LogP contribution in [0.15, 0.2) is 18.2 Å². The van der Waals surface area contributed by atoms with Crippen molar-refractivity contribution in [3.05, 3.63) is 29.6 Å². The number of aryl methyl sites for hydroxylation is 1. The van der Waals surface area contributed by atoms with Crippen LogP contribution in [0.4, 0.5) is 10.1 Å². The number of benzene rings is 1. The molecule has 0 aliphatic carbocycles. The number of amides is 2. The molecule has 1 aliphatic heterocycles. The van der Waals surface area contributed by atoms with E-state index in [1.165, 1.54) is 24.0 Å². The third kappa shape index (κ3) is 3.72. The molecule has 2 amide bonds. The molecule has 7 heteroatoms. The van der Waals surface area contributed by atoms with Gasteiger partial charge >= 0.3 is 5.97 Å². The number of carbonyl (C=O) groups is 3. The molecule has 130 valence electrons. The van der Waals surface area contributed by atoms with Gasteiger partial charge in [-0.15, -0.1) is 0 Å². The summed E-state index contributed by atoms with van der Waals surface area (Å²) < 4.78 is 13.4. The molecule has 1 aromatic carbocycles. The van der Waals surface area contributed by atoms with Crippen molar-refractivity contribution >= 4 is 23.5 Å². The molecule has 3 atom stereocenters. The van der Waals surface area contributed by atoms with Crippen LogP contribution < -0.4 is 10.2 Å². The van der Waals surface area contributed by atoms with E-state index in [0.29, 0.717) is 11.3 Å². The fourth-order valence-corrected chi connectivity index (χ4v) is 2.61. The van der Waals surface area contributed by atoms with Gasteiger partial charge in [0.2, 0.25) is 11.8 Å². The minimum Gasteiger partial charge on any atom is -0.481 e. The maximum absolute atomic E-state index is 13.4. The fourth-order valence-electron chi connectivity index (χ4n) is 2.61. The summed E-state index contributed by atoms with van der Waals surface area (Å²) in [5, 5.41) is 11.6. The van der Waals surface area contributed by atoms with Gasteiger partial charge in [0.25, 0.3) is 0 Å². The highest BCUT2D eigenvalue weighted by Crippen LogP contribution is 2.27.